The first-order valence-electron chi connectivity index (χ1n) is 8.10. The van der Waals surface area contributed by atoms with Gasteiger partial charge in [-0.25, -0.2) is 4.98 Å². The number of thiazole rings is 1. The minimum atomic E-state index is -0.0322. The lowest BCUT2D eigenvalue weighted by molar-refractivity contribution is 0.0952. The van der Waals surface area contributed by atoms with Crippen molar-refractivity contribution in [2.75, 3.05) is 6.54 Å². The average Bonchev–Trinajstić information content (AvgIpc) is 3.29. The highest BCUT2D eigenvalue weighted by atomic mass is 32.2. The Morgan fingerprint density at radius 3 is 2.84 bits per heavy atom. The van der Waals surface area contributed by atoms with Gasteiger partial charge in [-0.05, 0) is 37.1 Å². The van der Waals surface area contributed by atoms with Crippen LogP contribution in [0.3, 0.4) is 0 Å². The molecule has 25 heavy (non-hydrogen) atoms. The summed E-state index contributed by atoms with van der Waals surface area (Å²) in [6.45, 7) is 3.45. The van der Waals surface area contributed by atoms with Gasteiger partial charge in [0.05, 0.1) is 0 Å². The molecule has 0 atom stereocenters. The normalized spacial score (nSPS) is 10.8. The maximum absolute atomic E-state index is 12.2. The molecule has 0 aliphatic rings. The van der Waals surface area contributed by atoms with E-state index in [0.717, 1.165) is 28.8 Å². The van der Waals surface area contributed by atoms with E-state index in [1.54, 1.807) is 29.3 Å². The molecule has 2 aromatic heterocycles. The Morgan fingerprint density at radius 2 is 2.16 bits per heavy atom. The summed E-state index contributed by atoms with van der Waals surface area (Å²) in [7, 11) is 0. The Balaban J connectivity index is 1.42. The van der Waals surface area contributed by atoms with E-state index < -0.39 is 0 Å². The number of nitrogens with one attached hydrogen (secondary N) is 1. The van der Waals surface area contributed by atoms with E-state index in [2.05, 4.69) is 20.8 Å². The summed E-state index contributed by atoms with van der Waals surface area (Å²) >= 11 is 3.39. The van der Waals surface area contributed by atoms with Gasteiger partial charge in [0.1, 0.15) is 4.34 Å². The molecule has 0 saturated heterocycles. The third-order valence-corrected chi connectivity index (χ3v) is 5.80. The van der Waals surface area contributed by atoms with E-state index in [-0.39, 0.29) is 5.91 Å². The number of hydrogen-bond donors (Lipinski definition) is 1. The fourth-order valence-corrected chi connectivity index (χ4v) is 4.08. The highest BCUT2D eigenvalue weighted by Gasteiger charge is 2.06. The van der Waals surface area contributed by atoms with Crippen molar-refractivity contribution in [3.8, 4) is 0 Å². The van der Waals surface area contributed by atoms with Crippen molar-refractivity contribution in [3.05, 3.63) is 64.9 Å². The molecule has 0 fully saturated rings. The van der Waals surface area contributed by atoms with E-state index in [1.165, 1.54) is 5.56 Å². The second-order valence-corrected chi connectivity index (χ2v) is 7.70. The number of carbonyl (C=O) groups is 1. The van der Waals surface area contributed by atoms with Crippen molar-refractivity contribution in [1.29, 1.82) is 0 Å². The third kappa shape index (κ3) is 5.44. The van der Waals surface area contributed by atoms with Crippen LogP contribution in [-0.4, -0.2) is 27.2 Å². The molecule has 0 bridgehead atoms. The van der Waals surface area contributed by atoms with Crippen LogP contribution in [0.15, 0.2) is 52.4 Å². The number of aryl methyl sites for hydroxylation is 2. The van der Waals surface area contributed by atoms with Gasteiger partial charge < -0.3 is 5.32 Å². The monoisotopic (exact) mass is 372 g/mol. The van der Waals surface area contributed by atoms with Crippen molar-refractivity contribution in [1.82, 2.24) is 20.1 Å². The van der Waals surface area contributed by atoms with Gasteiger partial charge >= 0.3 is 0 Å². The van der Waals surface area contributed by atoms with Gasteiger partial charge in [0, 0.05) is 47.9 Å². The number of benzene rings is 1. The van der Waals surface area contributed by atoms with Crippen LogP contribution in [0.1, 0.15) is 28.0 Å². The second-order valence-electron chi connectivity index (χ2n) is 5.62. The first-order valence-corrected chi connectivity index (χ1v) is 9.97. The lowest BCUT2D eigenvalue weighted by atomic mass is 10.1. The number of hydrogen-bond acceptors (Lipinski definition) is 5. The maximum Gasteiger partial charge on any atom is 0.251 e. The molecule has 0 aliphatic heterocycles. The molecule has 1 amide bonds. The van der Waals surface area contributed by atoms with Gasteiger partial charge in [-0.15, -0.1) is 11.3 Å². The molecule has 0 radical (unpaired) electrons. The van der Waals surface area contributed by atoms with Crippen LogP contribution < -0.4 is 5.32 Å². The second kappa shape index (κ2) is 8.82. The first-order chi connectivity index (χ1) is 12.2. The summed E-state index contributed by atoms with van der Waals surface area (Å²) in [5, 5.41) is 9.15. The summed E-state index contributed by atoms with van der Waals surface area (Å²) in [4.78, 5) is 16.6. The molecule has 2 heterocycles. The fourth-order valence-electron chi connectivity index (χ4n) is 2.27. The molecular weight excluding hydrogens is 352 g/mol. The van der Waals surface area contributed by atoms with Crippen LogP contribution in [0.25, 0.3) is 0 Å². The summed E-state index contributed by atoms with van der Waals surface area (Å²) in [5.41, 5.74) is 2.94. The molecule has 3 aromatic rings. The lowest BCUT2D eigenvalue weighted by Crippen LogP contribution is -2.25. The third-order valence-electron chi connectivity index (χ3n) is 3.59. The molecule has 1 N–H and O–H groups in total. The minimum absolute atomic E-state index is 0.0322. The maximum atomic E-state index is 12.2. The van der Waals surface area contributed by atoms with Crippen LogP contribution in [0, 0.1) is 6.92 Å². The zero-order valence-corrected chi connectivity index (χ0v) is 15.6. The van der Waals surface area contributed by atoms with Gasteiger partial charge in [0.25, 0.3) is 5.91 Å². The van der Waals surface area contributed by atoms with Crippen molar-refractivity contribution < 1.29 is 4.79 Å². The van der Waals surface area contributed by atoms with E-state index in [4.69, 9.17) is 0 Å². The molecule has 0 spiro atoms. The summed E-state index contributed by atoms with van der Waals surface area (Å²) in [5.74, 6) is 0.828. The van der Waals surface area contributed by atoms with E-state index >= 15 is 0 Å². The average molecular weight is 373 g/mol. The van der Waals surface area contributed by atoms with E-state index in [1.807, 2.05) is 48.1 Å². The van der Waals surface area contributed by atoms with Crippen molar-refractivity contribution in [2.24, 2.45) is 0 Å². The van der Waals surface area contributed by atoms with Crippen molar-refractivity contribution in [3.63, 3.8) is 0 Å². The number of thioether (sulfide) groups is 1. The van der Waals surface area contributed by atoms with Crippen LogP contribution in [0.5, 0.6) is 0 Å². The predicted octanol–water partition coefficient (Wildman–Crippen LogP) is 3.76. The first kappa shape index (κ1) is 17.7. The Kier molecular flexibility index (Phi) is 6.25. The quantitative estimate of drug-likeness (QED) is 0.483. The summed E-state index contributed by atoms with van der Waals surface area (Å²) < 4.78 is 2.94. The molecule has 130 valence electrons. The zero-order chi connectivity index (χ0) is 17.5. The van der Waals surface area contributed by atoms with E-state index in [0.29, 0.717) is 12.1 Å². The van der Waals surface area contributed by atoms with Crippen molar-refractivity contribution >= 4 is 29.0 Å². The zero-order valence-electron chi connectivity index (χ0n) is 14.0. The molecule has 3 rings (SSSR count). The molecule has 5 nitrogen and oxygen atoms in total. The number of carbonyl (C=O) groups excluding carboxylic acids is 1. The number of aromatic nitrogens is 3. The summed E-state index contributed by atoms with van der Waals surface area (Å²) in [6.07, 6.45) is 4.54. The largest absolute Gasteiger partial charge is 0.352 e. The predicted molar refractivity (Wildman–Crippen MR) is 102 cm³/mol. The topological polar surface area (TPSA) is 59.8 Å². The van der Waals surface area contributed by atoms with Gasteiger partial charge in [-0.2, -0.15) is 5.10 Å². The van der Waals surface area contributed by atoms with Gasteiger partial charge in [0.15, 0.2) is 0 Å². The number of amides is 1. The SMILES string of the molecule is Cc1csc(SCc2ccc(C(=O)NCCCn3cccn3)cc2)n1. The number of nitrogens with zero attached hydrogens (tertiary/aromatic N) is 3. The molecule has 0 saturated carbocycles. The Morgan fingerprint density at radius 1 is 1.32 bits per heavy atom. The highest BCUT2D eigenvalue weighted by Crippen LogP contribution is 2.26. The smallest absolute Gasteiger partial charge is 0.251 e. The summed E-state index contributed by atoms with van der Waals surface area (Å²) in [6, 6.07) is 9.67. The Bertz CT molecular complexity index is 797. The van der Waals surface area contributed by atoms with Gasteiger partial charge in [-0.1, -0.05) is 23.9 Å². The molecule has 0 unspecified atom stereocenters. The highest BCUT2D eigenvalue weighted by molar-refractivity contribution is 8.00. The van der Waals surface area contributed by atoms with E-state index in [9.17, 15) is 4.79 Å². The van der Waals surface area contributed by atoms with Crippen LogP contribution in [0.4, 0.5) is 0 Å². The molecule has 7 heteroatoms. The van der Waals surface area contributed by atoms with Crippen molar-refractivity contribution in [2.45, 2.75) is 30.0 Å². The minimum Gasteiger partial charge on any atom is -0.352 e. The Labute approximate surface area is 155 Å². The van der Waals surface area contributed by atoms with Crippen LogP contribution in [-0.2, 0) is 12.3 Å². The van der Waals surface area contributed by atoms with Gasteiger partial charge in [-0.3, -0.25) is 9.48 Å². The molecule has 1 aromatic carbocycles. The Hall–Kier alpha value is -2.12. The molecule has 0 aliphatic carbocycles. The molecular formula is C18H20N4OS2. The fraction of sp³-hybridized carbons (Fsp3) is 0.278. The number of rotatable bonds is 8. The van der Waals surface area contributed by atoms with Crippen LogP contribution in [0.2, 0.25) is 0 Å². The van der Waals surface area contributed by atoms with Gasteiger partial charge in [0.2, 0.25) is 0 Å². The lowest BCUT2D eigenvalue weighted by Gasteiger charge is -2.06. The van der Waals surface area contributed by atoms with Crippen LogP contribution >= 0.6 is 23.1 Å². The standard InChI is InChI=1S/C18H20N4OS2/c1-14-12-24-18(21-14)25-13-15-4-6-16(7-5-15)17(23)19-8-2-10-22-11-3-9-20-22/h3-7,9,11-12H,2,8,10,13H2,1H3,(H,19,23).